The SMILES string of the molecule is O=C1NOC=CC1F. The van der Waals surface area contributed by atoms with Gasteiger partial charge < -0.3 is 4.84 Å². The first-order chi connectivity index (χ1) is 3.80. The molecule has 0 aliphatic carbocycles. The van der Waals surface area contributed by atoms with Gasteiger partial charge in [0.25, 0.3) is 5.91 Å². The number of carbonyl (C=O) groups is 1. The molecule has 0 aromatic carbocycles. The lowest BCUT2D eigenvalue weighted by molar-refractivity contribution is -0.134. The summed E-state index contributed by atoms with van der Waals surface area (Å²) in [7, 11) is 0. The van der Waals surface area contributed by atoms with E-state index in [9.17, 15) is 9.18 Å². The third-order valence-electron chi connectivity index (χ3n) is 0.726. The summed E-state index contributed by atoms with van der Waals surface area (Å²) in [5.41, 5.74) is 1.83. The van der Waals surface area contributed by atoms with Crippen LogP contribution in [0.1, 0.15) is 0 Å². The van der Waals surface area contributed by atoms with Crippen LogP contribution in [0.2, 0.25) is 0 Å². The highest BCUT2D eigenvalue weighted by molar-refractivity contribution is 5.82. The van der Waals surface area contributed by atoms with Crippen molar-refractivity contribution in [2.45, 2.75) is 6.17 Å². The lowest BCUT2D eigenvalue weighted by Crippen LogP contribution is -2.32. The van der Waals surface area contributed by atoms with E-state index in [4.69, 9.17) is 0 Å². The zero-order valence-electron chi connectivity index (χ0n) is 3.93. The van der Waals surface area contributed by atoms with Gasteiger partial charge in [-0.2, -0.15) is 5.48 Å². The van der Waals surface area contributed by atoms with E-state index in [0.717, 1.165) is 12.3 Å². The molecule has 0 saturated carbocycles. The molecule has 1 amide bonds. The number of halogens is 1. The van der Waals surface area contributed by atoms with Gasteiger partial charge in [-0.25, -0.2) is 4.39 Å². The van der Waals surface area contributed by atoms with Gasteiger partial charge in [0.15, 0.2) is 0 Å². The van der Waals surface area contributed by atoms with Crippen LogP contribution in [0.25, 0.3) is 0 Å². The molecule has 1 aliphatic rings. The summed E-state index contributed by atoms with van der Waals surface area (Å²) in [5.74, 6) is -0.757. The second-order valence-corrected chi connectivity index (χ2v) is 1.31. The highest BCUT2D eigenvalue weighted by Crippen LogP contribution is 1.97. The monoisotopic (exact) mass is 117 g/mol. The van der Waals surface area contributed by atoms with Crippen molar-refractivity contribution < 1.29 is 14.0 Å². The first kappa shape index (κ1) is 5.08. The minimum Gasteiger partial charge on any atom is -0.387 e. The molecule has 1 unspecified atom stereocenters. The fourth-order valence-electron chi connectivity index (χ4n) is 0.344. The number of amides is 1. The van der Waals surface area contributed by atoms with E-state index in [-0.39, 0.29) is 0 Å². The quantitative estimate of drug-likeness (QED) is 0.481. The number of alkyl halides is 1. The number of carbonyl (C=O) groups excluding carboxylic acids is 1. The first-order valence-corrected chi connectivity index (χ1v) is 2.07. The molecule has 1 heterocycles. The predicted molar refractivity (Wildman–Crippen MR) is 23.3 cm³/mol. The molecule has 1 rings (SSSR count). The van der Waals surface area contributed by atoms with Gasteiger partial charge in [-0.15, -0.1) is 0 Å². The summed E-state index contributed by atoms with van der Waals surface area (Å²) in [6, 6.07) is 0. The number of hydrogen-bond donors (Lipinski definition) is 1. The Labute approximate surface area is 45.1 Å². The van der Waals surface area contributed by atoms with Crippen molar-refractivity contribution >= 4 is 5.91 Å². The molecule has 1 atom stereocenters. The molecule has 0 aromatic heterocycles. The van der Waals surface area contributed by atoms with Crippen molar-refractivity contribution in [1.29, 1.82) is 0 Å². The predicted octanol–water partition coefficient (Wildman–Crippen LogP) is -0.100. The smallest absolute Gasteiger partial charge is 0.291 e. The summed E-state index contributed by atoms with van der Waals surface area (Å²) < 4.78 is 12.0. The average Bonchev–Trinajstić information content (AvgIpc) is 1.77. The molecule has 0 radical (unpaired) electrons. The van der Waals surface area contributed by atoms with Gasteiger partial charge in [0.2, 0.25) is 6.17 Å². The number of hydrogen-bond acceptors (Lipinski definition) is 2. The van der Waals surface area contributed by atoms with Crippen LogP contribution >= 0.6 is 0 Å². The third kappa shape index (κ3) is 0.776. The van der Waals surface area contributed by atoms with E-state index in [1.165, 1.54) is 0 Å². The molecule has 1 aliphatic heterocycles. The van der Waals surface area contributed by atoms with Crippen molar-refractivity contribution in [3.05, 3.63) is 12.3 Å². The number of hydroxylamine groups is 1. The van der Waals surface area contributed by atoms with Crippen LogP contribution in [0.5, 0.6) is 0 Å². The van der Waals surface area contributed by atoms with Gasteiger partial charge in [-0.3, -0.25) is 4.79 Å². The van der Waals surface area contributed by atoms with E-state index < -0.39 is 12.1 Å². The highest BCUT2D eigenvalue weighted by Gasteiger charge is 2.16. The zero-order valence-corrected chi connectivity index (χ0v) is 3.93. The molecule has 0 bridgehead atoms. The van der Waals surface area contributed by atoms with E-state index in [1.54, 1.807) is 0 Å². The van der Waals surface area contributed by atoms with Gasteiger partial charge in [0, 0.05) is 0 Å². The Morgan fingerprint density at radius 3 is 3.00 bits per heavy atom. The summed E-state index contributed by atoms with van der Waals surface area (Å²) in [6.45, 7) is 0. The largest absolute Gasteiger partial charge is 0.387 e. The van der Waals surface area contributed by atoms with Crippen LogP contribution in [-0.2, 0) is 9.63 Å². The van der Waals surface area contributed by atoms with Crippen molar-refractivity contribution in [2.24, 2.45) is 0 Å². The van der Waals surface area contributed by atoms with Gasteiger partial charge in [0.1, 0.15) is 6.26 Å². The van der Waals surface area contributed by atoms with Gasteiger partial charge in [-0.1, -0.05) is 0 Å². The van der Waals surface area contributed by atoms with Crippen LogP contribution in [0.3, 0.4) is 0 Å². The summed E-state index contributed by atoms with van der Waals surface area (Å²) >= 11 is 0. The highest BCUT2D eigenvalue weighted by atomic mass is 19.1. The van der Waals surface area contributed by atoms with E-state index >= 15 is 0 Å². The maximum absolute atomic E-state index is 12.0. The molecule has 0 saturated heterocycles. The molecule has 0 spiro atoms. The lowest BCUT2D eigenvalue weighted by atomic mass is 10.3. The molecule has 1 N–H and O–H groups in total. The molecule has 4 heteroatoms. The maximum Gasteiger partial charge on any atom is 0.291 e. The average molecular weight is 117 g/mol. The molecular weight excluding hydrogens is 113 g/mol. The fourth-order valence-corrected chi connectivity index (χ4v) is 0.344. The summed E-state index contributed by atoms with van der Waals surface area (Å²) in [6.07, 6.45) is 0.564. The minimum absolute atomic E-state index is 0.757. The van der Waals surface area contributed by atoms with Crippen LogP contribution in [0, 0.1) is 0 Å². The molecule has 0 aromatic rings. The maximum atomic E-state index is 12.0. The summed E-state index contributed by atoms with van der Waals surface area (Å²) in [5, 5.41) is 0. The van der Waals surface area contributed by atoms with Crippen LogP contribution in [0.15, 0.2) is 12.3 Å². The first-order valence-electron chi connectivity index (χ1n) is 2.07. The van der Waals surface area contributed by atoms with Crippen molar-refractivity contribution in [3.63, 3.8) is 0 Å². The van der Waals surface area contributed by atoms with Crippen LogP contribution < -0.4 is 5.48 Å². The lowest BCUT2D eigenvalue weighted by Gasteiger charge is -2.08. The van der Waals surface area contributed by atoms with Crippen LogP contribution in [-0.4, -0.2) is 12.1 Å². The zero-order chi connectivity index (χ0) is 5.98. The van der Waals surface area contributed by atoms with Crippen molar-refractivity contribution in [1.82, 2.24) is 5.48 Å². The molecule has 0 fully saturated rings. The minimum atomic E-state index is -1.55. The number of rotatable bonds is 0. The molecule has 3 nitrogen and oxygen atoms in total. The van der Waals surface area contributed by atoms with Gasteiger partial charge in [0.05, 0.1) is 0 Å². The Balaban J connectivity index is 2.60. The Morgan fingerprint density at radius 1 is 1.88 bits per heavy atom. The van der Waals surface area contributed by atoms with Gasteiger partial charge >= 0.3 is 0 Å². The van der Waals surface area contributed by atoms with Gasteiger partial charge in [-0.05, 0) is 6.08 Å². The Morgan fingerprint density at radius 2 is 2.62 bits per heavy atom. The molecule has 44 valence electrons. The standard InChI is InChI=1S/C4H4FNO2/c5-3-1-2-8-6-4(3)7/h1-3H,(H,6,7). The van der Waals surface area contributed by atoms with Crippen molar-refractivity contribution in [2.75, 3.05) is 0 Å². The normalized spacial score (nSPS) is 26.6. The van der Waals surface area contributed by atoms with Crippen LogP contribution in [0.4, 0.5) is 4.39 Å². The van der Waals surface area contributed by atoms with E-state index in [2.05, 4.69) is 4.84 Å². The second kappa shape index (κ2) is 1.81. The number of nitrogens with one attached hydrogen (secondary N) is 1. The molecule has 8 heavy (non-hydrogen) atoms. The second-order valence-electron chi connectivity index (χ2n) is 1.31. The summed E-state index contributed by atoms with van der Waals surface area (Å²) in [4.78, 5) is 14.4. The Bertz CT molecular complexity index is 134. The Hall–Kier alpha value is -1.06. The Kier molecular flexibility index (Phi) is 1.15. The van der Waals surface area contributed by atoms with Crippen molar-refractivity contribution in [3.8, 4) is 0 Å². The fraction of sp³-hybridized carbons (Fsp3) is 0.250. The third-order valence-corrected chi connectivity index (χ3v) is 0.726. The topological polar surface area (TPSA) is 38.3 Å². The van der Waals surface area contributed by atoms with E-state index in [1.807, 2.05) is 5.48 Å². The molecular formula is C4H4FNO2. The van der Waals surface area contributed by atoms with E-state index in [0.29, 0.717) is 0 Å².